The zero-order chi connectivity index (χ0) is 24.4. The van der Waals surface area contributed by atoms with Crippen LogP contribution in [0.4, 0.5) is 0 Å². The molecule has 37 heavy (non-hydrogen) atoms. The second-order valence-corrected chi connectivity index (χ2v) is 8.23. The van der Waals surface area contributed by atoms with E-state index in [-0.39, 0.29) is 20.1 Å². The summed E-state index contributed by atoms with van der Waals surface area (Å²) in [5, 5.41) is 0. The van der Waals surface area contributed by atoms with Gasteiger partial charge < -0.3 is 4.98 Å². The summed E-state index contributed by atoms with van der Waals surface area (Å²) in [5.74, 6) is 0. The zero-order valence-corrected chi connectivity index (χ0v) is 22.6. The van der Waals surface area contributed by atoms with Crippen molar-refractivity contribution in [1.29, 1.82) is 0 Å². The van der Waals surface area contributed by atoms with Crippen molar-refractivity contribution in [2.75, 3.05) is 0 Å². The molecule has 2 heterocycles. The number of hydrogen-bond acceptors (Lipinski definition) is 2. The van der Waals surface area contributed by atoms with Crippen LogP contribution in [0, 0.1) is 6.07 Å². The van der Waals surface area contributed by atoms with Crippen LogP contribution >= 0.6 is 0 Å². The van der Waals surface area contributed by atoms with Gasteiger partial charge in [0, 0.05) is 38.1 Å². The van der Waals surface area contributed by atoms with Gasteiger partial charge in [-0.15, -0.1) is 35.4 Å². The minimum atomic E-state index is 0. The quantitative estimate of drug-likeness (QED) is 0.178. The Morgan fingerprint density at radius 1 is 0.405 bits per heavy atom. The maximum Gasteiger partial charge on any atom is 0.0702 e. The van der Waals surface area contributed by atoms with Gasteiger partial charge in [-0.3, -0.25) is 4.98 Å². The fourth-order valence-corrected chi connectivity index (χ4v) is 3.97. The van der Waals surface area contributed by atoms with Crippen molar-refractivity contribution in [1.82, 2.24) is 9.97 Å². The van der Waals surface area contributed by atoms with Gasteiger partial charge >= 0.3 is 0 Å². The average molecular weight is 654 g/mol. The molecule has 0 amide bonds. The smallest absolute Gasteiger partial charge is 0.0702 e. The molecule has 181 valence electrons. The summed E-state index contributed by atoms with van der Waals surface area (Å²) in [6.45, 7) is 0. The summed E-state index contributed by atoms with van der Waals surface area (Å²) in [4.78, 5) is 8.74. The van der Waals surface area contributed by atoms with Gasteiger partial charge in [0.1, 0.15) is 0 Å². The third-order valence-corrected chi connectivity index (χ3v) is 5.78. The number of hydrogen-bond donors (Lipinski definition) is 0. The minimum Gasteiger partial charge on any atom is -0.305 e. The number of aromatic nitrogens is 2. The van der Waals surface area contributed by atoms with E-state index in [1.54, 1.807) is 6.20 Å². The molecule has 4 aromatic carbocycles. The average Bonchev–Trinajstić information content (AvgIpc) is 2.99. The van der Waals surface area contributed by atoms with Crippen LogP contribution in [0.15, 0.2) is 152 Å². The molecule has 0 aliphatic carbocycles. The van der Waals surface area contributed by atoms with E-state index in [0.717, 1.165) is 22.5 Å². The normalized spacial score (nSPS) is 9.95. The van der Waals surface area contributed by atoms with Gasteiger partial charge in [-0.05, 0) is 46.6 Å². The van der Waals surface area contributed by atoms with Crippen molar-refractivity contribution >= 4 is 0 Å². The fraction of sp³-hybridized carbons (Fsp3) is 0. The van der Waals surface area contributed by atoms with Crippen LogP contribution in [0.3, 0.4) is 0 Å². The topological polar surface area (TPSA) is 25.8 Å². The Balaban J connectivity index is 0.000000168. The molecule has 0 saturated carbocycles. The molecule has 3 heteroatoms. The van der Waals surface area contributed by atoms with Gasteiger partial charge in [0.25, 0.3) is 0 Å². The maximum atomic E-state index is 4.38. The first-order valence-corrected chi connectivity index (χ1v) is 11.9. The standard InChI is InChI=1S/C17H13N.C17H12N.Ir/c2*1-2-7-14(8-3-1)15-9-6-10-16(13-15)17-11-4-5-12-18-17;/h1-13H;1-9,11-13H;/q;-1;. The van der Waals surface area contributed by atoms with Gasteiger partial charge in [-0.25, -0.2) is 0 Å². The summed E-state index contributed by atoms with van der Waals surface area (Å²) < 4.78 is 0. The van der Waals surface area contributed by atoms with E-state index in [1.807, 2.05) is 72.9 Å². The van der Waals surface area contributed by atoms with E-state index < -0.39 is 0 Å². The van der Waals surface area contributed by atoms with E-state index in [4.69, 9.17) is 0 Å². The van der Waals surface area contributed by atoms with Gasteiger partial charge in [0.15, 0.2) is 0 Å². The molecule has 1 radical (unpaired) electrons. The third kappa shape index (κ3) is 6.95. The molecule has 0 atom stereocenters. The van der Waals surface area contributed by atoms with Crippen molar-refractivity contribution in [3.05, 3.63) is 158 Å². The molecule has 2 nitrogen and oxygen atoms in total. The van der Waals surface area contributed by atoms with Crippen molar-refractivity contribution in [2.45, 2.75) is 0 Å². The number of benzene rings is 4. The summed E-state index contributed by atoms with van der Waals surface area (Å²) in [6.07, 6.45) is 3.63. The zero-order valence-electron chi connectivity index (χ0n) is 20.2. The molecular weight excluding hydrogens is 629 g/mol. The molecule has 0 saturated heterocycles. The van der Waals surface area contributed by atoms with E-state index in [9.17, 15) is 0 Å². The molecule has 0 fully saturated rings. The van der Waals surface area contributed by atoms with Crippen molar-refractivity contribution in [2.24, 2.45) is 0 Å². The number of pyridine rings is 2. The molecule has 6 aromatic rings. The Bertz CT molecular complexity index is 1280. The van der Waals surface area contributed by atoms with Gasteiger partial charge in [0.05, 0.1) is 5.69 Å². The fourth-order valence-electron chi connectivity index (χ4n) is 3.97. The first kappa shape index (κ1) is 25.9. The summed E-state index contributed by atoms with van der Waals surface area (Å²) >= 11 is 0. The molecule has 0 aliphatic rings. The molecule has 6 rings (SSSR count). The molecule has 0 N–H and O–H groups in total. The SMILES string of the molecule is [Ir].[c-]1ccc(-c2ccccc2)cc1-c1ccccn1.c1ccc(-c2cccc(-c3ccccn3)c2)cc1. The number of rotatable bonds is 4. The Morgan fingerprint density at radius 3 is 1.51 bits per heavy atom. The van der Waals surface area contributed by atoms with Crippen LogP contribution in [-0.2, 0) is 20.1 Å². The van der Waals surface area contributed by atoms with Crippen molar-refractivity contribution in [3.8, 4) is 44.8 Å². The third-order valence-electron chi connectivity index (χ3n) is 5.78. The van der Waals surface area contributed by atoms with Gasteiger partial charge in [0.2, 0.25) is 0 Å². The Hall–Kier alpha value is -4.17. The predicted octanol–water partition coefficient (Wildman–Crippen LogP) is 8.63. The summed E-state index contributed by atoms with van der Waals surface area (Å²) in [7, 11) is 0. The van der Waals surface area contributed by atoms with Crippen LogP contribution in [0.5, 0.6) is 0 Å². The van der Waals surface area contributed by atoms with Crippen LogP contribution < -0.4 is 0 Å². The Kier molecular flexibility index (Phi) is 9.26. The van der Waals surface area contributed by atoms with E-state index in [1.165, 1.54) is 22.3 Å². The first-order chi connectivity index (χ1) is 17.9. The van der Waals surface area contributed by atoms with Crippen molar-refractivity contribution in [3.63, 3.8) is 0 Å². The maximum absolute atomic E-state index is 4.38. The second kappa shape index (κ2) is 13.2. The predicted molar refractivity (Wildman–Crippen MR) is 149 cm³/mol. The van der Waals surface area contributed by atoms with E-state index in [0.29, 0.717) is 0 Å². The van der Waals surface area contributed by atoms with Crippen molar-refractivity contribution < 1.29 is 20.1 Å². The summed E-state index contributed by atoms with van der Waals surface area (Å²) in [5.41, 5.74) is 8.99. The van der Waals surface area contributed by atoms with Crippen LogP contribution in [0.1, 0.15) is 0 Å². The monoisotopic (exact) mass is 654 g/mol. The molecule has 0 spiro atoms. The number of nitrogens with zero attached hydrogens (tertiary/aromatic N) is 2. The Morgan fingerprint density at radius 2 is 0.919 bits per heavy atom. The van der Waals surface area contributed by atoms with Crippen LogP contribution in [0.2, 0.25) is 0 Å². The van der Waals surface area contributed by atoms with Gasteiger partial charge in [-0.2, -0.15) is 0 Å². The van der Waals surface area contributed by atoms with E-state index in [2.05, 4.69) is 88.8 Å². The largest absolute Gasteiger partial charge is 0.305 e. The molecule has 0 bridgehead atoms. The minimum absolute atomic E-state index is 0. The molecular formula is C34H25IrN2-. The van der Waals surface area contributed by atoms with Gasteiger partial charge in [-0.1, -0.05) is 97.1 Å². The molecule has 2 aromatic heterocycles. The van der Waals surface area contributed by atoms with Crippen LogP contribution in [0.25, 0.3) is 44.8 Å². The van der Waals surface area contributed by atoms with E-state index >= 15 is 0 Å². The summed E-state index contributed by atoms with van der Waals surface area (Å²) in [6, 6.07) is 50.5. The first-order valence-electron chi connectivity index (χ1n) is 11.9. The Labute approximate surface area is 232 Å². The molecule has 0 aliphatic heterocycles. The molecule has 0 unspecified atom stereocenters. The second-order valence-electron chi connectivity index (χ2n) is 8.23. The van der Waals surface area contributed by atoms with Crippen LogP contribution in [-0.4, -0.2) is 9.97 Å².